The van der Waals surface area contributed by atoms with Crippen LogP contribution in [0.1, 0.15) is 37.8 Å². The maximum atomic E-state index is 3.44. The van der Waals surface area contributed by atoms with E-state index >= 15 is 0 Å². The molecule has 1 radical (unpaired) electrons. The van der Waals surface area contributed by atoms with Gasteiger partial charge in [0.15, 0.2) is 0 Å². The molecule has 1 aliphatic rings. The quantitative estimate of drug-likeness (QED) is 0.559. The van der Waals surface area contributed by atoms with E-state index in [4.69, 9.17) is 0 Å². The molecule has 1 aromatic rings. The first kappa shape index (κ1) is 8.55. The molecule has 0 fully saturated rings. The lowest BCUT2D eigenvalue weighted by Crippen LogP contribution is -2.15. The highest BCUT2D eigenvalue weighted by molar-refractivity contribution is 5.60. The van der Waals surface area contributed by atoms with Crippen LogP contribution in [0.5, 0.6) is 0 Å². The summed E-state index contributed by atoms with van der Waals surface area (Å²) in [6.45, 7) is 6.79. The Morgan fingerprint density at radius 1 is 1.15 bits per heavy atom. The third-order valence-corrected chi connectivity index (χ3v) is 2.58. The first-order valence-corrected chi connectivity index (χ1v) is 4.77. The minimum absolute atomic E-state index is 0.281. The molecule has 0 nitrogen and oxygen atoms in total. The highest BCUT2D eigenvalue weighted by Crippen LogP contribution is 2.41. The van der Waals surface area contributed by atoms with Crippen LogP contribution >= 0.6 is 0 Å². The number of hydrogen-bond donors (Lipinski definition) is 0. The van der Waals surface area contributed by atoms with E-state index in [1.807, 2.05) is 0 Å². The maximum Gasteiger partial charge on any atom is 0.0147 e. The topological polar surface area (TPSA) is 0 Å². The van der Waals surface area contributed by atoms with Gasteiger partial charge in [0.05, 0.1) is 0 Å². The number of rotatable bonds is 0. The van der Waals surface area contributed by atoms with Crippen LogP contribution < -0.4 is 0 Å². The Morgan fingerprint density at radius 2 is 1.85 bits per heavy atom. The van der Waals surface area contributed by atoms with Crippen molar-refractivity contribution in [2.75, 3.05) is 0 Å². The van der Waals surface area contributed by atoms with Gasteiger partial charge >= 0.3 is 0 Å². The zero-order chi connectivity index (χ0) is 9.47. The second-order valence-electron chi connectivity index (χ2n) is 4.74. The molecule has 0 heteroatoms. The van der Waals surface area contributed by atoms with Crippen molar-refractivity contribution in [1.29, 1.82) is 0 Å². The summed E-state index contributed by atoms with van der Waals surface area (Å²) >= 11 is 0. The molecule has 67 valence electrons. The number of hydrogen-bond acceptors (Lipinski definition) is 0. The van der Waals surface area contributed by atoms with Crippen LogP contribution in [-0.2, 0) is 0 Å². The van der Waals surface area contributed by atoms with Crippen molar-refractivity contribution in [2.24, 2.45) is 5.41 Å². The monoisotopic (exact) mass is 171 g/mol. The Balaban J connectivity index is 2.45. The molecule has 1 aliphatic carbocycles. The average Bonchev–Trinajstić information content (AvgIpc) is 2.45. The molecule has 0 aliphatic heterocycles. The van der Waals surface area contributed by atoms with Crippen molar-refractivity contribution in [1.82, 2.24) is 0 Å². The molecule has 0 saturated heterocycles. The van der Waals surface area contributed by atoms with Crippen molar-refractivity contribution in [2.45, 2.75) is 26.7 Å². The molecule has 1 unspecified atom stereocenters. The van der Waals surface area contributed by atoms with Gasteiger partial charge in [0, 0.05) is 5.92 Å². The van der Waals surface area contributed by atoms with Gasteiger partial charge in [-0.15, -0.1) is 0 Å². The molecular weight excluding hydrogens is 156 g/mol. The second-order valence-corrected chi connectivity index (χ2v) is 4.74. The molecule has 0 spiro atoms. The molecule has 0 bridgehead atoms. The molecule has 13 heavy (non-hydrogen) atoms. The summed E-state index contributed by atoms with van der Waals surface area (Å²) in [6, 6.07) is 8.57. The normalized spacial score (nSPS) is 20.4. The summed E-state index contributed by atoms with van der Waals surface area (Å²) in [5.74, 6) is 0.462. The van der Waals surface area contributed by atoms with Gasteiger partial charge < -0.3 is 0 Å². The Kier molecular flexibility index (Phi) is 1.80. The predicted octanol–water partition coefficient (Wildman–Crippen LogP) is 3.65. The molecule has 0 heterocycles. The van der Waals surface area contributed by atoms with Crippen LogP contribution in [-0.4, -0.2) is 0 Å². The van der Waals surface area contributed by atoms with Crippen molar-refractivity contribution in [3.05, 3.63) is 41.5 Å². The lowest BCUT2D eigenvalue weighted by molar-refractivity contribution is 0.363. The molecule has 0 saturated carbocycles. The summed E-state index contributed by atoms with van der Waals surface area (Å²) in [5.41, 5.74) is 3.04. The first-order valence-electron chi connectivity index (χ1n) is 4.77. The largest absolute Gasteiger partial charge is 0.0619 e. The molecular formula is C13H15. The lowest BCUT2D eigenvalue weighted by atomic mass is 9.78. The van der Waals surface area contributed by atoms with Crippen LogP contribution in [0, 0.1) is 11.5 Å². The van der Waals surface area contributed by atoms with Crippen LogP contribution in [0.4, 0.5) is 0 Å². The second kappa shape index (κ2) is 2.73. The summed E-state index contributed by atoms with van der Waals surface area (Å²) in [4.78, 5) is 0. The SMILES string of the molecule is CC(C)(C)C1[C]=Cc2ccccc21. The minimum Gasteiger partial charge on any atom is -0.0619 e. The van der Waals surface area contributed by atoms with Crippen molar-refractivity contribution in [3.8, 4) is 0 Å². The van der Waals surface area contributed by atoms with E-state index in [2.05, 4.69) is 57.2 Å². The highest BCUT2D eigenvalue weighted by atomic mass is 14.3. The zero-order valence-electron chi connectivity index (χ0n) is 8.46. The predicted molar refractivity (Wildman–Crippen MR) is 56.3 cm³/mol. The number of benzene rings is 1. The maximum absolute atomic E-state index is 3.44. The Bertz CT molecular complexity index is 339. The molecule has 1 aromatic carbocycles. The summed E-state index contributed by atoms with van der Waals surface area (Å²) < 4.78 is 0. The van der Waals surface area contributed by atoms with Gasteiger partial charge in [-0.1, -0.05) is 51.1 Å². The van der Waals surface area contributed by atoms with E-state index in [1.54, 1.807) is 0 Å². The summed E-state index contributed by atoms with van der Waals surface area (Å²) in [5, 5.41) is 0. The van der Waals surface area contributed by atoms with Crippen molar-refractivity contribution < 1.29 is 0 Å². The van der Waals surface area contributed by atoms with Crippen LogP contribution in [0.25, 0.3) is 6.08 Å². The fourth-order valence-electron chi connectivity index (χ4n) is 1.88. The smallest absolute Gasteiger partial charge is 0.0147 e. The third-order valence-electron chi connectivity index (χ3n) is 2.58. The van der Waals surface area contributed by atoms with Gasteiger partial charge in [0.25, 0.3) is 0 Å². The van der Waals surface area contributed by atoms with Gasteiger partial charge in [-0.3, -0.25) is 0 Å². The molecule has 0 amide bonds. The Hall–Kier alpha value is -1.04. The lowest BCUT2D eigenvalue weighted by Gasteiger charge is -2.26. The average molecular weight is 171 g/mol. The van der Waals surface area contributed by atoms with E-state index in [0.29, 0.717) is 5.92 Å². The van der Waals surface area contributed by atoms with Crippen molar-refractivity contribution in [3.63, 3.8) is 0 Å². The summed E-state index contributed by atoms with van der Waals surface area (Å²) in [7, 11) is 0. The standard InChI is InChI=1S/C13H15/c1-13(2,3)12-9-8-10-6-4-5-7-11(10)12/h4-8,12H,1-3H3. The van der Waals surface area contributed by atoms with E-state index in [0.717, 1.165) is 0 Å². The van der Waals surface area contributed by atoms with Crippen LogP contribution in [0.3, 0.4) is 0 Å². The first-order chi connectivity index (χ1) is 6.09. The fraction of sp³-hybridized carbons (Fsp3) is 0.385. The minimum atomic E-state index is 0.281. The number of fused-ring (bicyclic) bond motifs is 1. The van der Waals surface area contributed by atoms with E-state index < -0.39 is 0 Å². The van der Waals surface area contributed by atoms with Gasteiger partial charge in [-0.25, -0.2) is 0 Å². The van der Waals surface area contributed by atoms with Gasteiger partial charge in [0.2, 0.25) is 0 Å². The van der Waals surface area contributed by atoms with Gasteiger partial charge in [0.1, 0.15) is 0 Å². The molecule has 0 N–H and O–H groups in total. The number of allylic oxidation sites excluding steroid dienone is 1. The van der Waals surface area contributed by atoms with Crippen molar-refractivity contribution >= 4 is 6.08 Å². The zero-order valence-corrected chi connectivity index (χ0v) is 8.46. The molecule has 2 rings (SSSR count). The van der Waals surface area contributed by atoms with E-state index in [1.165, 1.54) is 11.1 Å². The van der Waals surface area contributed by atoms with E-state index in [-0.39, 0.29) is 5.41 Å². The third kappa shape index (κ3) is 1.41. The fourth-order valence-corrected chi connectivity index (χ4v) is 1.88. The van der Waals surface area contributed by atoms with E-state index in [9.17, 15) is 0 Å². The molecule has 0 aromatic heterocycles. The van der Waals surface area contributed by atoms with Crippen LogP contribution in [0.15, 0.2) is 24.3 Å². The Labute approximate surface area is 80.3 Å². The summed E-state index contributed by atoms with van der Waals surface area (Å²) in [6.07, 6.45) is 5.55. The van der Waals surface area contributed by atoms with Gasteiger partial charge in [-0.05, 0) is 22.6 Å². The van der Waals surface area contributed by atoms with Crippen LogP contribution in [0.2, 0.25) is 0 Å². The van der Waals surface area contributed by atoms with Gasteiger partial charge in [-0.2, -0.15) is 0 Å². The highest BCUT2D eigenvalue weighted by Gasteiger charge is 2.28. The molecule has 1 atom stereocenters. The Morgan fingerprint density at radius 3 is 2.54 bits per heavy atom.